The van der Waals surface area contributed by atoms with Crippen LogP contribution in [-0.2, 0) is 16.2 Å². The number of fused-ring (bicyclic) bond motifs is 7. The monoisotopic (exact) mass is 775 g/mol. The highest BCUT2D eigenvalue weighted by Crippen LogP contribution is 2.57. The molecule has 9 aromatic rings. The molecule has 0 aliphatic heterocycles. The van der Waals surface area contributed by atoms with E-state index in [4.69, 9.17) is 4.42 Å². The van der Waals surface area contributed by atoms with Crippen molar-refractivity contribution in [1.29, 1.82) is 0 Å². The van der Waals surface area contributed by atoms with Crippen molar-refractivity contribution in [3.05, 3.63) is 198 Å². The minimum Gasteiger partial charge on any atom is -0.456 e. The van der Waals surface area contributed by atoms with E-state index >= 15 is 0 Å². The maximum atomic E-state index is 6.40. The quantitative estimate of drug-likeness (QED) is 0.167. The van der Waals surface area contributed by atoms with Crippen molar-refractivity contribution in [3.8, 4) is 44.5 Å². The van der Waals surface area contributed by atoms with Crippen molar-refractivity contribution in [3.63, 3.8) is 0 Å². The standard InChI is InChI=1S/C58H49NO/c1-56(2)36-57(3,4)52-35-50-49(34-51(52)56)48-20-13-19-45(55(48)58(50,5)6)40-24-22-39(23-25-40)41-16-12-17-43(32-41)59(42-28-26-38(27-29-42)37-14-8-7-9-15-37)44-30-31-47-46-18-10-11-21-53(46)60-54(47)33-44/h7-35H,36H2,1-6H3. The smallest absolute Gasteiger partial charge is 0.137 e. The molecule has 2 aliphatic rings. The van der Waals surface area contributed by atoms with Gasteiger partial charge in [-0.15, -0.1) is 0 Å². The van der Waals surface area contributed by atoms with Crippen LogP contribution in [0.1, 0.15) is 70.2 Å². The molecule has 0 unspecified atom stereocenters. The van der Waals surface area contributed by atoms with Crippen molar-refractivity contribution in [2.45, 2.75) is 64.2 Å². The first kappa shape index (κ1) is 36.4. The summed E-state index contributed by atoms with van der Waals surface area (Å²) >= 11 is 0. The Balaban J connectivity index is 0.968. The molecule has 0 spiro atoms. The summed E-state index contributed by atoms with van der Waals surface area (Å²) in [7, 11) is 0. The number of nitrogens with zero attached hydrogens (tertiary/aromatic N) is 1. The maximum Gasteiger partial charge on any atom is 0.137 e. The summed E-state index contributed by atoms with van der Waals surface area (Å²) in [5, 5.41) is 2.25. The van der Waals surface area contributed by atoms with Crippen LogP contribution in [0.3, 0.4) is 0 Å². The van der Waals surface area contributed by atoms with Gasteiger partial charge in [0.15, 0.2) is 0 Å². The van der Waals surface area contributed by atoms with E-state index in [1.807, 2.05) is 12.1 Å². The van der Waals surface area contributed by atoms with Gasteiger partial charge < -0.3 is 9.32 Å². The lowest BCUT2D eigenvalue weighted by Gasteiger charge is -2.27. The zero-order valence-corrected chi connectivity index (χ0v) is 35.3. The van der Waals surface area contributed by atoms with Gasteiger partial charge >= 0.3 is 0 Å². The number of anilines is 3. The first-order chi connectivity index (χ1) is 29.0. The molecule has 1 aromatic heterocycles. The van der Waals surface area contributed by atoms with E-state index < -0.39 is 0 Å². The summed E-state index contributed by atoms with van der Waals surface area (Å²) in [6, 6.07) is 64.5. The molecular formula is C58H49NO. The second-order valence-corrected chi connectivity index (χ2v) is 18.9. The van der Waals surface area contributed by atoms with Gasteiger partial charge in [0.2, 0.25) is 0 Å². The molecule has 0 radical (unpaired) electrons. The van der Waals surface area contributed by atoms with Crippen LogP contribution in [0.25, 0.3) is 66.4 Å². The largest absolute Gasteiger partial charge is 0.456 e. The molecule has 0 saturated carbocycles. The molecule has 8 aromatic carbocycles. The van der Waals surface area contributed by atoms with E-state index in [0.717, 1.165) is 39.0 Å². The molecule has 0 amide bonds. The molecule has 0 bridgehead atoms. The Morgan fingerprint density at radius 3 is 1.73 bits per heavy atom. The van der Waals surface area contributed by atoms with Gasteiger partial charge in [0.05, 0.1) is 0 Å². The molecule has 11 rings (SSSR count). The maximum absolute atomic E-state index is 6.40. The number of benzene rings is 8. The molecule has 2 nitrogen and oxygen atoms in total. The summed E-state index contributed by atoms with van der Waals surface area (Å²) in [6.45, 7) is 14.5. The van der Waals surface area contributed by atoms with Crippen molar-refractivity contribution < 1.29 is 4.42 Å². The topological polar surface area (TPSA) is 16.4 Å². The van der Waals surface area contributed by atoms with Crippen molar-refractivity contribution in [2.24, 2.45) is 0 Å². The summed E-state index contributed by atoms with van der Waals surface area (Å²) in [6.07, 6.45) is 1.18. The van der Waals surface area contributed by atoms with Crippen molar-refractivity contribution in [2.75, 3.05) is 4.90 Å². The van der Waals surface area contributed by atoms with E-state index in [9.17, 15) is 0 Å². The molecule has 2 aliphatic carbocycles. The minimum absolute atomic E-state index is 0.111. The number of rotatable bonds is 6. The van der Waals surface area contributed by atoms with Gasteiger partial charge in [0.25, 0.3) is 0 Å². The van der Waals surface area contributed by atoms with E-state index in [1.54, 1.807) is 0 Å². The van der Waals surface area contributed by atoms with Crippen molar-refractivity contribution in [1.82, 2.24) is 0 Å². The van der Waals surface area contributed by atoms with Gasteiger partial charge in [-0.2, -0.15) is 0 Å². The predicted octanol–water partition coefficient (Wildman–Crippen LogP) is 16.3. The van der Waals surface area contributed by atoms with Gasteiger partial charge in [-0.1, -0.05) is 163 Å². The molecule has 2 heteroatoms. The first-order valence-corrected chi connectivity index (χ1v) is 21.4. The number of hydrogen-bond donors (Lipinski definition) is 0. The second kappa shape index (κ2) is 13.2. The van der Waals surface area contributed by atoms with Gasteiger partial charge in [-0.05, 0) is 133 Å². The van der Waals surface area contributed by atoms with Crippen molar-refractivity contribution >= 4 is 39.0 Å². The molecule has 1 heterocycles. The second-order valence-electron chi connectivity index (χ2n) is 18.9. The Morgan fingerprint density at radius 1 is 0.383 bits per heavy atom. The van der Waals surface area contributed by atoms with Crippen LogP contribution in [0.2, 0.25) is 0 Å². The lowest BCUT2D eigenvalue weighted by molar-refractivity contribution is 0.403. The Bertz CT molecular complexity index is 3120. The normalized spacial score (nSPS) is 15.5. The van der Waals surface area contributed by atoms with Crippen LogP contribution < -0.4 is 4.90 Å². The Labute approximate surface area is 353 Å². The number of hydrogen-bond acceptors (Lipinski definition) is 2. The summed E-state index contributed by atoms with van der Waals surface area (Å²) < 4.78 is 6.40. The minimum atomic E-state index is -0.111. The Hall–Kier alpha value is -6.64. The van der Waals surface area contributed by atoms with Crippen LogP contribution in [0.15, 0.2) is 180 Å². The van der Waals surface area contributed by atoms with Crippen LogP contribution in [0.5, 0.6) is 0 Å². The number of para-hydroxylation sites is 1. The van der Waals surface area contributed by atoms with Crippen LogP contribution >= 0.6 is 0 Å². The fourth-order valence-electron chi connectivity index (χ4n) is 11.0. The summed E-state index contributed by atoms with van der Waals surface area (Å²) in [5.41, 5.74) is 21.2. The zero-order valence-electron chi connectivity index (χ0n) is 35.3. The van der Waals surface area contributed by atoms with Gasteiger partial charge in [-0.25, -0.2) is 0 Å². The Morgan fingerprint density at radius 2 is 0.950 bits per heavy atom. The number of furan rings is 1. The van der Waals surface area contributed by atoms with E-state index in [1.165, 1.54) is 73.2 Å². The highest BCUT2D eigenvalue weighted by Gasteiger charge is 2.46. The average Bonchev–Trinajstić information content (AvgIpc) is 3.81. The molecular weight excluding hydrogens is 727 g/mol. The third kappa shape index (κ3) is 5.69. The highest BCUT2D eigenvalue weighted by atomic mass is 16.3. The molecule has 292 valence electrons. The average molecular weight is 776 g/mol. The Kier molecular flexibility index (Phi) is 8.01. The predicted molar refractivity (Wildman–Crippen MR) is 253 cm³/mol. The lowest BCUT2D eigenvalue weighted by atomic mass is 9.77. The van der Waals surface area contributed by atoms with Crippen LogP contribution in [0, 0.1) is 0 Å². The zero-order chi connectivity index (χ0) is 41.0. The van der Waals surface area contributed by atoms with Gasteiger partial charge in [0.1, 0.15) is 11.2 Å². The fraction of sp³-hybridized carbons (Fsp3) is 0.172. The SMILES string of the molecule is CC1(C)CC(C)(C)c2cc3c(cc21)-c1cccc(-c2ccc(-c4cccc(N(c5ccc(-c6ccccc6)cc5)c5ccc6c(c5)oc5ccccc56)c4)cc2)c1C3(C)C. The molecule has 60 heavy (non-hydrogen) atoms. The summed E-state index contributed by atoms with van der Waals surface area (Å²) in [5.74, 6) is 0. The molecule has 0 atom stereocenters. The van der Waals surface area contributed by atoms with Crippen LogP contribution in [-0.4, -0.2) is 0 Å². The van der Waals surface area contributed by atoms with Gasteiger partial charge in [0, 0.05) is 39.3 Å². The fourth-order valence-corrected chi connectivity index (χ4v) is 11.0. The first-order valence-electron chi connectivity index (χ1n) is 21.4. The van der Waals surface area contributed by atoms with E-state index in [-0.39, 0.29) is 16.2 Å². The molecule has 0 N–H and O–H groups in total. The molecule has 0 saturated heterocycles. The van der Waals surface area contributed by atoms with Crippen LogP contribution in [0.4, 0.5) is 17.1 Å². The third-order valence-electron chi connectivity index (χ3n) is 13.6. The third-order valence-corrected chi connectivity index (χ3v) is 13.6. The van der Waals surface area contributed by atoms with E-state index in [2.05, 4.69) is 210 Å². The van der Waals surface area contributed by atoms with E-state index in [0.29, 0.717) is 0 Å². The summed E-state index contributed by atoms with van der Waals surface area (Å²) in [4.78, 5) is 2.34. The van der Waals surface area contributed by atoms with Gasteiger partial charge in [-0.3, -0.25) is 0 Å². The molecule has 0 fully saturated rings. The lowest BCUT2D eigenvalue weighted by Crippen LogP contribution is -2.19. The highest BCUT2D eigenvalue weighted by molar-refractivity contribution is 6.06.